The van der Waals surface area contributed by atoms with E-state index >= 15 is 0 Å². The van der Waals surface area contributed by atoms with E-state index < -0.39 is 0 Å². The van der Waals surface area contributed by atoms with Crippen molar-refractivity contribution in [1.82, 2.24) is 0 Å². The van der Waals surface area contributed by atoms with Gasteiger partial charge in [-0.3, -0.25) is 0 Å². The van der Waals surface area contributed by atoms with Crippen LogP contribution in [0.4, 0.5) is 0 Å². The molecule has 2 heteroatoms. The van der Waals surface area contributed by atoms with Gasteiger partial charge in [0, 0.05) is 0 Å². The summed E-state index contributed by atoms with van der Waals surface area (Å²) in [6.07, 6.45) is 0. The van der Waals surface area contributed by atoms with Gasteiger partial charge in [0.05, 0.1) is 0 Å². The molecule has 2 aromatic heterocycles. The van der Waals surface area contributed by atoms with Crippen LogP contribution in [-0.4, -0.2) is 29.0 Å². The Labute approximate surface area is 83.7 Å². The molecule has 0 unspecified atom stereocenters. The summed E-state index contributed by atoms with van der Waals surface area (Å²) in [5.41, 5.74) is 0. The first-order valence-electron chi connectivity index (χ1n) is 3.54. The summed E-state index contributed by atoms with van der Waals surface area (Å²) in [5, 5.41) is 0. The standard InChI is InChI=1S/C10H6Se2/c1-3-9(11-7-1)5-6-10-4-2-8-12-10/h1-4,7-8H. The van der Waals surface area contributed by atoms with Crippen molar-refractivity contribution in [2.45, 2.75) is 0 Å². The molecular formula is C10H6Se2. The third-order valence-electron chi connectivity index (χ3n) is 1.35. The van der Waals surface area contributed by atoms with Gasteiger partial charge in [-0.05, 0) is 0 Å². The zero-order chi connectivity index (χ0) is 8.23. The first-order valence-corrected chi connectivity index (χ1v) is 7.23. The Morgan fingerprint density at radius 2 is 1.33 bits per heavy atom. The van der Waals surface area contributed by atoms with Gasteiger partial charge < -0.3 is 0 Å². The SMILES string of the molecule is C(#Cc1ccc[se]1)c1ccc[se]1. The molecule has 0 amide bonds. The van der Waals surface area contributed by atoms with Gasteiger partial charge in [0.15, 0.2) is 0 Å². The molecule has 0 spiro atoms. The maximum atomic E-state index is 3.21. The molecule has 58 valence electrons. The van der Waals surface area contributed by atoms with Gasteiger partial charge in [0.2, 0.25) is 0 Å². The van der Waals surface area contributed by atoms with Crippen LogP contribution in [0.25, 0.3) is 0 Å². The van der Waals surface area contributed by atoms with Crippen molar-refractivity contribution in [2.75, 3.05) is 0 Å². The van der Waals surface area contributed by atoms with Crippen LogP contribution in [0.1, 0.15) is 8.87 Å². The molecule has 0 bridgehead atoms. The van der Waals surface area contributed by atoms with Crippen molar-refractivity contribution in [3.8, 4) is 11.8 Å². The Balaban J connectivity index is 2.22. The fourth-order valence-corrected chi connectivity index (χ4v) is 3.22. The van der Waals surface area contributed by atoms with E-state index in [9.17, 15) is 0 Å². The van der Waals surface area contributed by atoms with Gasteiger partial charge in [0.25, 0.3) is 0 Å². The van der Waals surface area contributed by atoms with Gasteiger partial charge >= 0.3 is 83.9 Å². The summed E-state index contributed by atoms with van der Waals surface area (Å²) in [6, 6.07) is 8.42. The van der Waals surface area contributed by atoms with Crippen molar-refractivity contribution in [2.24, 2.45) is 0 Å². The Bertz CT molecular complexity index is 346. The molecule has 0 radical (unpaired) electrons. The minimum absolute atomic E-state index is 0.507. The Hall–Kier alpha value is -0.441. The van der Waals surface area contributed by atoms with E-state index in [-0.39, 0.29) is 0 Å². The molecule has 0 aromatic carbocycles. The van der Waals surface area contributed by atoms with Gasteiger partial charge in [0.1, 0.15) is 0 Å². The molecule has 0 aliphatic rings. The van der Waals surface area contributed by atoms with Gasteiger partial charge in [-0.25, -0.2) is 0 Å². The van der Waals surface area contributed by atoms with Crippen LogP contribution in [0.3, 0.4) is 0 Å². The molecule has 0 saturated carbocycles. The Morgan fingerprint density at radius 1 is 0.833 bits per heavy atom. The van der Waals surface area contributed by atoms with E-state index in [0.29, 0.717) is 29.0 Å². The molecule has 0 atom stereocenters. The second-order valence-electron chi connectivity index (χ2n) is 2.20. The van der Waals surface area contributed by atoms with Crippen LogP contribution in [0.5, 0.6) is 0 Å². The Morgan fingerprint density at radius 3 is 1.67 bits per heavy atom. The number of hydrogen-bond donors (Lipinski definition) is 0. The van der Waals surface area contributed by atoms with Crippen LogP contribution in [0.15, 0.2) is 34.1 Å². The molecule has 2 heterocycles. The summed E-state index contributed by atoms with van der Waals surface area (Å²) in [7, 11) is 0. The zero-order valence-corrected chi connectivity index (χ0v) is 9.71. The molecule has 0 saturated heterocycles. The van der Waals surface area contributed by atoms with Crippen LogP contribution in [0.2, 0.25) is 0 Å². The van der Waals surface area contributed by atoms with Gasteiger partial charge in [-0.15, -0.1) is 0 Å². The summed E-state index contributed by atoms with van der Waals surface area (Å²) in [6.45, 7) is 0. The van der Waals surface area contributed by atoms with E-state index in [1.807, 2.05) is 0 Å². The van der Waals surface area contributed by atoms with Crippen LogP contribution in [-0.2, 0) is 0 Å². The fraction of sp³-hybridized carbons (Fsp3) is 0. The Kier molecular flexibility index (Phi) is 2.71. The van der Waals surface area contributed by atoms with E-state index in [1.165, 1.54) is 8.87 Å². The average Bonchev–Trinajstić information content (AvgIpc) is 2.74. The fourth-order valence-electron chi connectivity index (χ4n) is 0.823. The van der Waals surface area contributed by atoms with Crippen LogP contribution in [0, 0.1) is 11.8 Å². The number of hydrogen-bond acceptors (Lipinski definition) is 0. The quantitative estimate of drug-likeness (QED) is 0.504. The van der Waals surface area contributed by atoms with Crippen molar-refractivity contribution in [3.63, 3.8) is 0 Å². The van der Waals surface area contributed by atoms with Crippen molar-refractivity contribution in [1.29, 1.82) is 0 Å². The van der Waals surface area contributed by atoms with E-state index in [0.717, 1.165) is 0 Å². The first-order chi connectivity index (χ1) is 5.95. The molecule has 2 rings (SSSR count). The third kappa shape index (κ3) is 2.03. The predicted octanol–water partition coefficient (Wildman–Crippen LogP) is 1.20. The predicted molar refractivity (Wildman–Crippen MR) is 52.7 cm³/mol. The topological polar surface area (TPSA) is 0 Å². The normalized spacial score (nSPS) is 9.00. The van der Waals surface area contributed by atoms with Gasteiger partial charge in [-0.1, -0.05) is 0 Å². The molecule has 0 aliphatic heterocycles. The molecule has 0 fully saturated rings. The second-order valence-corrected chi connectivity index (χ2v) is 6.18. The van der Waals surface area contributed by atoms with Crippen molar-refractivity contribution in [3.05, 3.63) is 43.0 Å². The summed E-state index contributed by atoms with van der Waals surface area (Å²) >= 11 is 1.01. The second kappa shape index (κ2) is 3.99. The third-order valence-corrected chi connectivity index (χ3v) is 4.65. The van der Waals surface area contributed by atoms with Crippen molar-refractivity contribution >= 4 is 29.0 Å². The molecule has 12 heavy (non-hydrogen) atoms. The molecule has 0 nitrogen and oxygen atoms in total. The first kappa shape index (κ1) is 8.17. The zero-order valence-electron chi connectivity index (χ0n) is 6.28. The summed E-state index contributed by atoms with van der Waals surface area (Å²) in [5.74, 6) is 6.41. The number of rotatable bonds is 0. The van der Waals surface area contributed by atoms with E-state index in [1.54, 1.807) is 0 Å². The average molecular weight is 284 g/mol. The van der Waals surface area contributed by atoms with E-state index in [2.05, 4.69) is 46.0 Å². The molecular weight excluding hydrogens is 278 g/mol. The summed E-state index contributed by atoms with van der Waals surface area (Å²) < 4.78 is 2.59. The molecule has 0 aliphatic carbocycles. The van der Waals surface area contributed by atoms with Crippen LogP contribution < -0.4 is 0 Å². The molecule has 0 N–H and O–H groups in total. The van der Waals surface area contributed by atoms with Crippen molar-refractivity contribution < 1.29 is 0 Å². The summed E-state index contributed by atoms with van der Waals surface area (Å²) in [4.78, 5) is 4.40. The van der Waals surface area contributed by atoms with Gasteiger partial charge in [-0.2, -0.15) is 0 Å². The maximum absolute atomic E-state index is 3.21. The minimum atomic E-state index is 0.507. The van der Waals surface area contributed by atoms with Crippen LogP contribution >= 0.6 is 0 Å². The molecule has 2 aromatic rings. The monoisotopic (exact) mass is 286 g/mol. The van der Waals surface area contributed by atoms with E-state index in [4.69, 9.17) is 0 Å².